The van der Waals surface area contributed by atoms with E-state index in [0.717, 1.165) is 19.4 Å². The number of hydrogen-bond acceptors (Lipinski definition) is 6. The lowest BCUT2D eigenvalue weighted by molar-refractivity contribution is -0.148. The second-order valence-corrected chi connectivity index (χ2v) is 6.43. The van der Waals surface area contributed by atoms with Crippen LogP contribution in [0.2, 0.25) is 0 Å². The molecule has 1 fully saturated rings. The molecule has 1 saturated heterocycles. The first kappa shape index (κ1) is 19.5. The van der Waals surface area contributed by atoms with Crippen LogP contribution in [0.15, 0.2) is 16.6 Å². The summed E-state index contributed by atoms with van der Waals surface area (Å²) in [6, 6.07) is 3.41. The smallest absolute Gasteiger partial charge is 0.310 e. The molecule has 1 amide bonds. The standard InChI is InChI=1S/C17H22BrNO6/c1-22-14-6-11(13(18)8-15(14)23-2)7-17(21)25-10-16(20)19-9-12-4-3-5-24-12/h6,8,12H,3-5,7,9-10H2,1-2H3,(H,19,20). The van der Waals surface area contributed by atoms with E-state index in [9.17, 15) is 9.59 Å². The molecular formula is C17H22BrNO6. The Bertz CT molecular complexity index is 615. The second-order valence-electron chi connectivity index (χ2n) is 5.58. The number of rotatable bonds is 8. The summed E-state index contributed by atoms with van der Waals surface area (Å²) in [6.07, 6.45) is 2.02. The van der Waals surface area contributed by atoms with Gasteiger partial charge in [-0.3, -0.25) is 9.59 Å². The summed E-state index contributed by atoms with van der Waals surface area (Å²) >= 11 is 3.39. The van der Waals surface area contributed by atoms with Crippen molar-refractivity contribution < 1.29 is 28.5 Å². The lowest BCUT2D eigenvalue weighted by atomic mass is 10.1. The van der Waals surface area contributed by atoms with Crippen molar-refractivity contribution in [3.05, 3.63) is 22.2 Å². The molecule has 1 aromatic rings. The molecule has 8 heteroatoms. The van der Waals surface area contributed by atoms with E-state index in [1.54, 1.807) is 12.1 Å². The first-order valence-electron chi connectivity index (χ1n) is 7.97. The maximum Gasteiger partial charge on any atom is 0.310 e. The van der Waals surface area contributed by atoms with Gasteiger partial charge in [0.25, 0.3) is 5.91 Å². The van der Waals surface area contributed by atoms with Crippen LogP contribution < -0.4 is 14.8 Å². The molecule has 0 spiro atoms. The maximum absolute atomic E-state index is 12.0. The van der Waals surface area contributed by atoms with Crippen molar-refractivity contribution in [3.8, 4) is 11.5 Å². The van der Waals surface area contributed by atoms with Gasteiger partial charge in [0.1, 0.15) is 0 Å². The molecule has 1 aromatic carbocycles. The zero-order valence-corrected chi connectivity index (χ0v) is 15.9. The molecular weight excluding hydrogens is 394 g/mol. The van der Waals surface area contributed by atoms with Gasteiger partial charge >= 0.3 is 5.97 Å². The number of carbonyl (C=O) groups is 2. The minimum atomic E-state index is -0.500. The van der Waals surface area contributed by atoms with Crippen LogP contribution in [-0.4, -0.2) is 52.0 Å². The number of hydrogen-bond donors (Lipinski definition) is 1. The summed E-state index contributed by atoms with van der Waals surface area (Å²) < 4.78 is 21.5. The van der Waals surface area contributed by atoms with E-state index in [1.165, 1.54) is 14.2 Å². The van der Waals surface area contributed by atoms with Crippen molar-refractivity contribution in [3.63, 3.8) is 0 Å². The predicted molar refractivity (Wildman–Crippen MR) is 93.9 cm³/mol. The van der Waals surface area contributed by atoms with E-state index >= 15 is 0 Å². The molecule has 138 valence electrons. The molecule has 1 atom stereocenters. The molecule has 25 heavy (non-hydrogen) atoms. The summed E-state index contributed by atoms with van der Waals surface area (Å²) in [6.45, 7) is 0.865. The quantitative estimate of drug-likeness (QED) is 0.652. The Morgan fingerprint density at radius 2 is 2.00 bits per heavy atom. The van der Waals surface area contributed by atoms with E-state index in [2.05, 4.69) is 21.2 Å². The van der Waals surface area contributed by atoms with E-state index < -0.39 is 5.97 Å². The Kier molecular flexibility index (Phi) is 7.52. The summed E-state index contributed by atoms with van der Waals surface area (Å²) in [5.74, 6) is 0.234. The molecule has 1 N–H and O–H groups in total. The van der Waals surface area contributed by atoms with Crippen molar-refractivity contribution in [1.29, 1.82) is 0 Å². The average Bonchev–Trinajstić information content (AvgIpc) is 3.13. The number of halogens is 1. The highest BCUT2D eigenvalue weighted by molar-refractivity contribution is 9.10. The summed E-state index contributed by atoms with van der Waals surface area (Å²) in [7, 11) is 3.06. The number of benzene rings is 1. The van der Waals surface area contributed by atoms with Crippen molar-refractivity contribution >= 4 is 27.8 Å². The Balaban J connectivity index is 1.80. The summed E-state index contributed by atoms with van der Waals surface area (Å²) in [4.78, 5) is 23.7. The van der Waals surface area contributed by atoms with Crippen LogP contribution in [0.3, 0.4) is 0 Å². The second kappa shape index (κ2) is 9.62. The fraction of sp³-hybridized carbons (Fsp3) is 0.529. The zero-order chi connectivity index (χ0) is 18.2. The van der Waals surface area contributed by atoms with Gasteiger partial charge in [-0.05, 0) is 30.5 Å². The molecule has 1 aliphatic heterocycles. The number of nitrogens with one attached hydrogen (secondary N) is 1. The predicted octanol–water partition coefficient (Wildman–Crippen LogP) is 1.85. The maximum atomic E-state index is 12.0. The van der Waals surface area contributed by atoms with Gasteiger partial charge in [0.15, 0.2) is 18.1 Å². The SMILES string of the molecule is COc1cc(Br)c(CC(=O)OCC(=O)NCC2CCCO2)cc1OC. The van der Waals surface area contributed by atoms with Crippen LogP contribution in [-0.2, 0) is 25.5 Å². The van der Waals surface area contributed by atoms with E-state index in [0.29, 0.717) is 28.1 Å². The lowest BCUT2D eigenvalue weighted by Gasteiger charge is -2.12. The third-order valence-electron chi connectivity index (χ3n) is 3.80. The lowest BCUT2D eigenvalue weighted by Crippen LogP contribution is -2.35. The Hall–Kier alpha value is -1.80. The Morgan fingerprint density at radius 1 is 1.28 bits per heavy atom. The largest absolute Gasteiger partial charge is 0.493 e. The fourth-order valence-corrected chi connectivity index (χ4v) is 2.93. The van der Waals surface area contributed by atoms with Crippen LogP contribution in [0, 0.1) is 0 Å². The topological polar surface area (TPSA) is 83.1 Å². The van der Waals surface area contributed by atoms with Gasteiger partial charge in [0.05, 0.1) is 26.7 Å². The average molecular weight is 416 g/mol. The number of carbonyl (C=O) groups excluding carboxylic acids is 2. The van der Waals surface area contributed by atoms with Crippen LogP contribution in [0.4, 0.5) is 0 Å². The highest BCUT2D eigenvalue weighted by Gasteiger charge is 2.17. The monoisotopic (exact) mass is 415 g/mol. The molecule has 0 saturated carbocycles. The van der Waals surface area contributed by atoms with Gasteiger partial charge in [-0.15, -0.1) is 0 Å². The van der Waals surface area contributed by atoms with Crippen molar-refractivity contribution in [2.75, 3.05) is 34.0 Å². The summed E-state index contributed by atoms with van der Waals surface area (Å²) in [5, 5.41) is 2.70. The minimum absolute atomic E-state index is 0.0138. The number of amides is 1. The van der Waals surface area contributed by atoms with Crippen molar-refractivity contribution in [1.82, 2.24) is 5.32 Å². The van der Waals surface area contributed by atoms with Gasteiger partial charge in [0.2, 0.25) is 0 Å². The molecule has 0 aromatic heterocycles. The van der Waals surface area contributed by atoms with Crippen LogP contribution >= 0.6 is 15.9 Å². The van der Waals surface area contributed by atoms with E-state index in [1.807, 2.05) is 0 Å². The van der Waals surface area contributed by atoms with Gasteiger partial charge in [-0.2, -0.15) is 0 Å². The molecule has 2 rings (SSSR count). The Morgan fingerprint density at radius 3 is 2.64 bits per heavy atom. The fourth-order valence-electron chi connectivity index (χ4n) is 2.47. The first-order valence-corrected chi connectivity index (χ1v) is 8.77. The highest BCUT2D eigenvalue weighted by Crippen LogP contribution is 2.33. The number of methoxy groups -OCH3 is 2. The molecule has 7 nitrogen and oxygen atoms in total. The number of ether oxygens (including phenoxy) is 4. The Labute approximate surface area is 155 Å². The van der Waals surface area contributed by atoms with Gasteiger partial charge in [-0.1, -0.05) is 15.9 Å². The van der Waals surface area contributed by atoms with Crippen LogP contribution in [0.25, 0.3) is 0 Å². The van der Waals surface area contributed by atoms with Gasteiger partial charge < -0.3 is 24.3 Å². The third-order valence-corrected chi connectivity index (χ3v) is 4.54. The molecule has 0 bridgehead atoms. The highest BCUT2D eigenvalue weighted by atomic mass is 79.9. The van der Waals surface area contributed by atoms with Gasteiger partial charge in [-0.25, -0.2) is 0 Å². The normalized spacial score (nSPS) is 16.4. The molecule has 1 heterocycles. The van der Waals surface area contributed by atoms with Crippen LogP contribution in [0.5, 0.6) is 11.5 Å². The molecule has 1 unspecified atom stereocenters. The van der Waals surface area contributed by atoms with Crippen molar-refractivity contribution in [2.24, 2.45) is 0 Å². The first-order chi connectivity index (χ1) is 12.0. The molecule has 0 radical (unpaired) electrons. The molecule has 0 aliphatic carbocycles. The molecule has 1 aliphatic rings. The third kappa shape index (κ3) is 5.89. The zero-order valence-electron chi connectivity index (χ0n) is 14.3. The number of esters is 1. The van der Waals surface area contributed by atoms with E-state index in [-0.39, 0.29) is 25.0 Å². The van der Waals surface area contributed by atoms with Crippen molar-refractivity contribution in [2.45, 2.75) is 25.4 Å². The van der Waals surface area contributed by atoms with E-state index in [4.69, 9.17) is 18.9 Å². The minimum Gasteiger partial charge on any atom is -0.493 e. The van der Waals surface area contributed by atoms with Crippen LogP contribution in [0.1, 0.15) is 18.4 Å². The summed E-state index contributed by atoms with van der Waals surface area (Å²) in [5.41, 5.74) is 0.683. The van der Waals surface area contributed by atoms with Gasteiger partial charge in [0, 0.05) is 17.6 Å².